The van der Waals surface area contributed by atoms with Gasteiger partial charge in [-0.15, -0.1) is 0 Å². The number of rotatable bonds is 2. The van der Waals surface area contributed by atoms with Crippen LogP contribution in [0.1, 0.15) is 12.5 Å². The number of H-pyrrole nitrogens is 1. The van der Waals surface area contributed by atoms with E-state index in [0.717, 1.165) is 0 Å². The van der Waals surface area contributed by atoms with Crippen LogP contribution in [0.4, 0.5) is 0 Å². The number of nitrogens with zero attached hydrogens (tertiary/aromatic N) is 2. The second-order valence-corrected chi connectivity index (χ2v) is 3.83. The van der Waals surface area contributed by atoms with E-state index in [9.17, 15) is 9.90 Å². The average molecular weight is 249 g/mol. The molecule has 6 heteroatoms. The fraction of sp³-hybridized carbons (Fsp3) is 0.182. The van der Waals surface area contributed by atoms with E-state index < -0.39 is 5.56 Å². The fourth-order valence-electron chi connectivity index (χ4n) is 1.55. The minimum atomic E-state index is -0.416. The first-order valence-electron chi connectivity index (χ1n) is 5.12. The average Bonchev–Trinajstić information content (AvgIpc) is 2.77. The molecule has 5 nitrogen and oxygen atoms in total. The predicted octanol–water partition coefficient (Wildman–Crippen LogP) is 1.61. The Morgan fingerprint density at radius 1 is 1.65 bits per heavy atom. The van der Waals surface area contributed by atoms with Crippen molar-refractivity contribution >= 4 is 24.5 Å². The van der Waals surface area contributed by atoms with Crippen LogP contribution in [-0.4, -0.2) is 20.9 Å². The maximum Gasteiger partial charge on any atom is 0.262 e. The van der Waals surface area contributed by atoms with Gasteiger partial charge in [0.05, 0.1) is 5.70 Å². The molecule has 0 spiro atoms. The maximum atomic E-state index is 11.7. The third kappa shape index (κ3) is 2.12. The van der Waals surface area contributed by atoms with Crippen LogP contribution < -0.4 is 5.56 Å². The zero-order valence-corrected chi connectivity index (χ0v) is 9.99. The summed E-state index contributed by atoms with van der Waals surface area (Å²) in [5.41, 5.74) is 0.366. The summed E-state index contributed by atoms with van der Waals surface area (Å²) in [7, 11) is 0. The summed E-state index contributed by atoms with van der Waals surface area (Å²) in [6, 6.07) is 0. The molecule has 0 unspecified atom stereocenters. The third-order valence-electron chi connectivity index (χ3n) is 2.39. The van der Waals surface area contributed by atoms with Crippen LogP contribution >= 0.6 is 12.2 Å². The first-order chi connectivity index (χ1) is 8.13. The van der Waals surface area contributed by atoms with Crippen LogP contribution in [0.2, 0.25) is 0 Å². The van der Waals surface area contributed by atoms with Gasteiger partial charge in [0.15, 0.2) is 4.77 Å². The lowest BCUT2D eigenvalue weighted by molar-refractivity contribution is 0.408. The molecule has 1 aromatic rings. The SMILES string of the molecule is CCn1c(O)c(/C=C2/C=CC=N2)c(=O)[nH]c1=S. The standard InChI is InChI=1S/C11H11N3O2S/c1-2-14-10(16)8(9(15)13-11(14)17)6-7-4-3-5-12-7/h3-6,16H,2H2,1H3,(H,13,15,17)/b7-6-. The van der Waals surface area contributed by atoms with Crippen LogP contribution in [0.3, 0.4) is 0 Å². The Labute approximate surface area is 102 Å². The summed E-state index contributed by atoms with van der Waals surface area (Å²) >= 11 is 4.95. The molecule has 88 valence electrons. The molecule has 1 aliphatic heterocycles. The number of aromatic hydroxyl groups is 1. The van der Waals surface area contributed by atoms with Crippen molar-refractivity contribution in [1.82, 2.24) is 9.55 Å². The van der Waals surface area contributed by atoms with E-state index in [4.69, 9.17) is 12.2 Å². The van der Waals surface area contributed by atoms with Gasteiger partial charge in [0.2, 0.25) is 5.88 Å². The highest BCUT2D eigenvalue weighted by Crippen LogP contribution is 2.18. The van der Waals surface area contributed by atoms with Gasteiger partial charge < -0.3 is 5.11 Å². The minimum Gasteiger partial charge on any atom is -0.494 e. The highest BCUT2D eigenvalue weighted by atomic mass is 32.1. The van der Waals surface area contributed by atoms with E-state index >= 15 is 0 Å². The van der Waals surface area contributed by atoms with E-state index in [-0.39, 0.29) is 16.2 Å². The molecule has 0 atom stereocenters. The van der Waals surface area contributed by atoms with Crippen molar-refractivity contribution in [3.8, 4) is 5.88 Å². The maximum absolute atomic E-state index is 11.7. The van der Waals surface area contributed by atoms with Gasteiger partial charge >= 0.3 is 0 Å². The fourth-order valence-corrected chi connectivity index (χ4v) is 1.85. The van der Waals surface area contributed by atoms with Crippen molar-refractivity contribution in [1.29, 1.82) is 0 Å². The number of hydrogen-bond donors (Lipinski definition) is 2. The quantitative estimate of drug-likeness (QED) is 0.782. The zero-order valence-electron chi connectivity index (χ0n) is 9.17. The molecular weight excluding hydrogens is 238 g/mol. The highest BCUT2D eigenvalue weighted by molar-refractivity contribution is 7.71. The molecule has 2 heterocycles. The Morgan fingerprint density at radius 2 is 2.41 bits per heavy atom. The van der Waals surface area contributed by atoms with Crippen LogP contribution in [0, 0.1) is 4.77 Å². The van der Waals surface area contributed by atoms with E-state index in [1.165, 1.54) is 10.6 Å². The second kappa shape index (κ2) is 4.50. The molecule has 2 N–H and O–H groups in total. The Morgan fingerprint density at radius 3 is 3.00 bits per heavy atom. The summed E-state index contributed by atoms with van der Waals surface area (Å²) in [5, 5.41) is 9.97. The number of nitrogens with one attached hydrogen (secondary N) is 1. The van der Waals surface area contributed by atoms with Crippen LogP contribution in [-0.2, 0) is 6.54 Å². The smallest absolute Gasteiger partial charge is 0.262 e. The van der Waals surface area contributed by atoms with Gasteiger partial charge in [0.25, 0.3) is 5.56 Å². The summed E-state index contributed by atoms with van der Waals surface area (Å²) in [4.78, 5) is 18.2. The largest absolute Gasteiger partial charge is 0.494 e. The van der Waals surface area contributed by atoms with E-state index in [2.05, 4.69) is 9.98 Å². The molecule has 1 aromatic heterocycles. The van der Waals surface area contributed by atoms with E-state index in [1.54, 1.807) is 18.4 Å². The molecule has 2 rings (SSSR count). The second-order valence-electron chi connectivity index (χ2n) is 3.45. The molecule has 1 aliphatic rings. The molecule has 0 radical (unpaired) electrons. The molecule has 0 amide bonds. The van der Waals surface area contributed by atoms with Gasteiger partial charge in [0, 0.05) is 12.8 Å². The Balaban J connectivity index is 2.66. The van der Waals surface area contributed by atoms with Gasteiger partial charge in [0.1, 0.15) is 5.56 Å². The summed E-state index contributed by atoms with van der Waals surface area (Å²) in [6.07, 6.45) is 6.64. The molecule has 17 heavy (non-hydrogen) atoms. The lowest BCUT2D eigenvalue weighted by atomic mass is 10.2. The van der Waals surface area contributed by atoms with Crippen molar-refractivity contribution in [2.45, 2.75) is 13.5 Å². The van der Waals surface area contributed by atoms with Gasteiger partial charge in [-0.25, -0.2) is 0 Å². The Kier molecular flexibility index (Phi) is 3.06. The van der Waals surface area contributed by atoms with Crippen LogP contribution in [0.15, 0.2) is 27.6 Å². The van der Waals surface area contributed by atoms with E-state index in [0.29, 0.717) is 12.2 Å². The third-order valence-corrected chi connectivity index (χ3v) is 2.71. The van der Waals surface area contributed by atoms with Crippen molar-refractivity contribution in [2.24, 2.45) is 4.99 Å². The molecule has 0 saturated carbocycles. The van der Waals surface area contributed by atoms with Crippen molar-refractivity contribution in [2.75, 3.05) is 0 Å². The number of aromatic amines is 1. The lowest BCUT2D eigenvalue weighted by Crippen LogP contribution is -2.16. The predicted molar refractivity (Wildman–Crippen MR) is 68.8 cm³/mol. The van der Waals surface area contributed by atoms with Crippen molar-refractivity contribution in [3.63, 3.8) is 0 Å². The molecule has 0 saturated heterocycles. The summed E-state index contributed by atoms with van der Waals surface area (Å²) in [6.45, 7) is 2.31. The van der Waals surface area contributed by atoms with Crippen LogP contribution in [0.5, 0.6) is 5.88 Å². The highest BCUT2D eigenvalue weighted by Gasteiger charge is 2.10. The number of aliphatic imine (C=N–C) groups is 1. The molecular formula is C11H11N3O2S. The first-order valence-corrected chi connectivity index (χ1v) is 5.53. The molecule has 0 fully saturated rings. The van der Waals surface area contributed by atoms with Crippen molar-refractivity contribution in [3.05, 3.63) is 38.5 Å². The first kappa shape index (κ1) is 11.5. The van der Waals surface area contributed by atoms with Gasteiger partial charge in [-0.2, -0.15) is 0 Å². The van der Waals surface area contributed by atoms with Crippen LogP contribution in [0.25, 0.3) is 6.08 Å². The number of hydrogen-bond acceptors (Lipinski definition) is 4. The van der Waals surface area contributed by atoms with Gasteiger partial charge in [-0.1, -0.05) is 0 Å². The summed E-state index contributed by atoms with van der Waals surface area (Å²) in [5.74, 6) is -0.135. The van der Waals surface area contributed by atoms with Gasteiger partial charge in [-0.05, 0) is 37.4 Å². The monoisotopic (exact) mass is 249 g/mol. The Hall–Kier alpha value is -1.95. The van der Waals surface area contributed by atoms with Gasteiger partial charge in [-0.3, -0.25) is 19.3 Å². The molecule has 0 aliphatic carbocycles. The lowest BCUT2D eigenvalue weighted by Gasteiger charge is -2.08. The number of aromatic nitrogens is 2. The molecule has 0 aromatic carbocycles. The topological polar surface area (TPSA) is 70.4 Å². The summed E-state index contributed by atoms with van der Waals surface area (Å²) < 4.78 is 1.66. The van der Waals surface area contributed by atoms with Crippen molar-refractivity contribution < 1.29 is 5.11 Å². The minimum absolute atomic E-state index is 0.135. The zero-order chi connectivity index (χ0) is 12.4. The molecule has 0 bridgehead atoms. The Bertz CT molecular complexity index is 636. The van der Waals surface area contributed by atoms with E-state index in [1.807, 2.05) is 6.92 Å². The number of allylic oxidation sites excluding steroid dienone is 2. The normalized spacial score (nSPS) is 15.9.